The molecule has 1 aromatic carbocycles. The molecule has 0 spiro atoms. The lowest BCUT2D eigenvalue weighted by atomic mass is 9.98. The van der Waals surface area contributed by atoms with E-state index in [4.69, 9.17) is 0 Å². The first-order valence-corrected chi connectivity index (χ1v) is 6.58. The number of likely N-dealkylation sites (tertiary alicyclic amines) is 1. The van der Waals surface area contributed by atoms with Crippen LogP contribution in [0.3, 0.4) is 0 Å². The number of hydrogen-bond donors (Lipinski definition) is 1. The highest BCUT2D eigenvalue weighted by molar-refractivity contribution is 6.06. The number of carbonyl (C=O) groups is 2. The van der Waals surface area contributed by atoms with Gasteiger partial charge in [-0.15, -0.1) is 0 Å². The molecule has 0 saturated carbocycles. The van der Waals surface area contributed by atoms with E-state index in [1.54, 1.807) is 12.4 Å². The number of aromatic amines is 1. The molecule has 3 rings (SSSR count). The Kier molecular flexibility index (Phi) is 3.10. The summed E-state index contributed by atoms with van der Waals surface area (Å²) in [7, 11) is 0. The molecule has 2 aromatic rings. The Hall–Kier alpha value is -2.43. The fourth-order valence-corrected chi connectivity index (χ4v) is 2.64. The Bertz CT molecular complexity index is 622. The largest absolute Gasteiger partial charge is 0.285 e. The zero-order chi connectivity index (χ0) is 14.1. The first kappa shape index (κ1) is 12.6. The van der Waals surface area contributed by atoms with Crippen LogP contribution in [0, 0.1) is 0 Å². The maximum absolute atomic E-state index is 12.5. The Morgan fingerprint density at radius 1 is 1.30 bits per heavy atom. The third-order valence-electron chi connectivity index (χ3n) is 3.77. The molecule has 0 radical (unpaired) electrons. The summed E-state index contributed by atoms with van der Waals surface area (Å²) in [6.45, 7) is 1.84. The fourth-order valence-electron chi connectivity index (χ4n) is 2.64. The minimum absolute atomic E-state index is 0.127. The molecule has 1 aliphatic rings. The second kappa shape index (κ2) is 4.92. The van der Waals surface area contributed by atoms with Crippen molar-refractivity contribution in [3.63, 3.8) is 0 Å². The van der Waals surface area contributed by atoms with Crippen LogP contribution in [-0.2, 0) is 9.59 Å². The summed E-state index contributed by atoms with van der Waals surface area (Å²) in [4.78, 5) is 26.1. The van der Waals surface area contributed by atoms with Crippen molar-refractivity contribution >= 4 is 11.8 Å². The highest BCUT2D eigenvalue weighted by atomic mass is 16.2. The lowest BCUT2D eigenvalue weighted by Gasteiger charge is -2.22. The maximum atomic E-state index is 12.5. The van der Waals surface area contributed by atoms with Gasteiger partial charge >= 0.3 is 0 Å². The highest BCUT2D eigenvalue weighted by Crippen LogP contribution is 2.34. The minimum atomic E-state index is -0.363. The van der Waals surface area contributed by atoms with Gasteiger partial charge < -0.3 is 0 Å². The number of rotatable bonds is 3. The van der Waals surface area contributed by atoms with Crippen molar-refractivity contribution in [1.82, 2.24) is 15.1 Å². The van der Waals surface area contributed by atoms with E-state index in [2.05, 4.69) is 10.2 Å². The molecular weight excluding hydrogens is 254 g/mol. The normalized spacial score (nSPS) is 20.4. The van der Waals surface area contributed by atoms with Crippen molar-refractivity contribution in [2.45, 2.75) is 25.3 Å². The minimum Gasteiger partial charge on any atom is -0.285 e. The standard InChI is InChI=1S/C15H15N3O2/c1-10(12-8-16-17-9-12)18-14(19)7-13(15(18)20)11-5-3-2-4-6-11/h2-6,8-10,13H,7H2,1H3,(H,16,17). The van der Waals surface area contributed by atoms with Gasteiger partial charge in [0.15, 0.2) is 0 Å². The zero-order valence-electron chi connectivity index (χ0n) is 11.1. The van der Waals surface area contributed by atoms with Gasteiger partial charge in [0.05, 0.1) is 18.2 Å². The molecule has 1 aliphatic heterocycles. The number of hydrogen-bond acceptors (Lipinski definition) is 3. The lowest BCUT2D eigenvalue weighted by molar-refractivity contribution is -0.141. The SMILES string of the molecule is CC(c1cn[nH]c1)N1C(=O)CC(c2ccccc2)C1=O. The number of nitrogens with one attached hydrogen (secondary N) is 1. The van der Waals surface area contributed by atoms with E-state index in [0.29, 0.717) is 0 Å². The number of benzene rings is 1. The molecular formula is C15H15N3O2. The Morgan fingerprint density at radius 2 is 2.05 bits per heavy atom. The summed E-state index contributed by atoms with van der Waals surface area (Å²) >= 11 is 0. The van der Waals surface area contributed by atoms with Crippen molar-refractivity contribution in [1.29, 1.82) is 0 Å². The Morgan fingerprint density at radius 3 is 2.70 bits per heavy atom. The van der Waals surface area contributed by atoms with Crippen molar-refractivity contribution in [3.8, 4) is 0 Å². The first-order valence-electron chi connectivity index (χ1n) is 6.58. The van der Waals surface area contributed by atoms with Crippen LogP contribution in [0.15, 0.2) is 42.7 Å². The van der Waals surface area contributed by atoms with Gasteiger partial charge in [-0.3, -0.25) is 19.6 Å². The number of carbonyl (C=O) groups excluding carboxylic acids is 2. The molecule has 0 aliphatic carbocycles. The Labute approximate surface area is 116 Å². The van der Waals surface area contributed by atoms with Crippen LogP contribution < -0.4 is 0 Å². The van der Waals surface area contributed by atoms with E-state index < -0.39 is 0 Å². The molecule has 2 heterocycles. The summed E-state index contributed by atoms with van der Waals surface area (Å²) in [5.41, 5.74) is 1.73. The van der Waals surface area contributed by atoms with E-state index in [1.165, 1.54) is 4.90 Å². The zero-order valence-corrected chi connectivity index (χ0v) is 11.1. The first-order chi connectivity index (χ1) is 9.68. The van der Waals surface area contributed by atoms with Gasteiger partial charge in [-0.2, -0.15) is 5.10 Å². The monoisotopic (exact) mass is 269 g/mol. The van der Waals surface area contributed by atoms with Crippen LogP contribution in [-0.4, -0.2) is 26.9 Å². The topological polar surface area (TPSA) is 66.1 Å². The average molecular weight is 269 g/mol. The summed E-state index contributed by atoms with van der Waals surface area (Å²) < 4.78 is 0. The number of amides is 2. The van der Waals surface area contributed by atoms with Crippen LogP contribution in [0.4, 0.5) is 0 Å². The number of nitrogens with zero attached hydrogens (tertiary/aromatic N) is 2. The molecule has 5 nitrogen and oxygen atoms in total. The van der Waals surface area contributed by atoms with Crippen molar-refractivity contribution in [2.24, 2.45) is 0 Å². The van der Waals surface area contributed by atoms with E-state index in [9.17, 15) is 9.59 Å². The quantitative estimate of drug-likeness (QED) is 0.867. The average Bonchev–Trinajstić information content (AvgIpc) is 3.08. The molecule has 20 heavy (non-hydrogen) atoms. The smallest absolute Gasteiger partial charge is 0.237 e. The Balaban J connectivity index is 1.88. The molecule has 102 valence electrons. The van der Waals surface area contributed by atoms with E-state index in [-0.39, 0.29) is 30.2 Å². The molecule has 1 fully saturated rings. The van der Waals surface area contributed by atoms with Gasteiger partial charge in [-0.1, -0.05) is 30.3 Å². The third kappa shape index (κ3) is 2.01. The number of aromatic nitrogens is 2. The number of H-pyrrole nitrogens is 1. The van der Waals surface area contributed by atoms with Crippen LogP contribution >= 0.6 is 0 Å². The fraction of sp³-hybridized carbons (Fsp3) is 0.267. The van der Waals surface area contributed by atoms with Crippen LogP contribution in [0.2, 0.25) is 0 Å². The molecule has 2 atom stereocenters. The van der Waals surface area contributed by atoms with Crippen LogP contribution in [0.1, 0.15) is 36.4 Å². The molecule has 1 N–H and O–H groups in total. The van der Waals surface area contributed by atoms with Gasteiger partial charge in [-0.25, -0.2) is 0 Å². The van der Waals surface area contributed by atoms with Crippen molar-refractivity contribution in [2.75, 3.05) is 0 Å². The maximum Gasteiger partial charge on any atom is 0.237 e. The van der Waals surface area contributed by atoms with Crippen molar-refractivity contribution < 1.29 is 9.59 Å². The summed E-state index contributed by atoms with van der Waals surface area (Å²) in [5, 5.41) is 6.58. The van der Waals surface area contributed by atoms with Crippen molar-refractivity contribution in [3.05, 3.63) is 53.9 Å². The summed E-state index contributed by atoms with van der Waals surface area (Å²) in [5.74, 6) is -0.620. The van der Waals surface area contributed by atoms with Crippen LogP contribution in [0.5, 0.6) is 0 Å². The molecule has 1 aromatic heterocycles. The van der Waals surface area contributed by atoms with Crippen LogP contribution in [0.25, 0.3) is 0 Å². The number of imide groups is 1. The predicted octanol–water partition coefficient (Wildman–Crippen LogP) is 2.01. The summed E-state index contributed by atoms with van der Waals surface area (Å²) in [6, 6.07) is 9.16. The van der Waals surface area contributed by atoms with Gasteiger partial charge in [0.25, 0.3) is 0 Å². The second-order valence-electron chi connectivity index (χ2n) is 4.98. The molecule has 1 saturated heterocycles. The lowest BCUT2D eigenvalue weighted by Crippen LogP contribution is -2.32. The molecule has 0 bridgehead atoms. The van der Waals surface area contributed by atoms with E-state index >= 15 is 0 Å². The third-order valence-corrected chi connectivity index (χ3v) is 3.77. The molecule has 5 heteroatoms. The van der Waals surface area contributed by atoms with Gasteiger partial charge in [-0.05, 0) is 12.5 Å². The van der Waals surface area contributed by atoms with Gasteiger partial charge in [0, 0.05) is 18.2 Å². The molecule has 2 unspecified atom stereocenters. The van der Waals surface area contributed by atoms with E-state index in [1.807, 2.05) is 37.3 Å². The highest BCUT2D eigenvalue weighted by Gasteiger charge is 2.42. The van der Waals surface area contributed by atoms with Gasteiger partial charge in [0.2, 0.25) is 11.8 Å². The van der Waals surface area contributed by atoms with E-state index in [0.717, 1.165) is 11.1 Å². The molecule has 2 amide bonds. The second-order valence-corrected chi connectivity index (χ2v) is 4.98. The summed E-state index contributed by atoms with van der Waals surface area (Å²) in [6.07, 6.45) is 3.59. The van der Waals surface area contributed by atoms with Gasteiger partial charge in [0.1, 0.15) is 0 Å². The predicted molar refractivity (Wildman–Crippen MR) is 72.7 cm³/mol.